The van der Waals surface area contributed by atoms with Crippen molar-refractivity contribution in [2.45, 2.75) is 76.5 Å². The first-order valence-corrected chi connectivity index (χ1v) is 9.34. The van der Waals surface area contributed by atoms with E-state index < -0.39 is 12.0 Å². The fraction of sp³-hybridized carbons (Fsp3) is 0.600. The van der Waals surface area contributed by atoms with Crippen LogP contribution in [0.3, 0.4) is 0 Å². The molecule has 0 bridgehead atoms. The van der Waals surface area contributed by atoms with Gasteiger partial charge in [0.25, 0.3) is 0 Å². The van der Waals surface area contributed by atoms with E-state index in [1.807, 2.05) is 24.3 Å². The van der Waals surface area contributed by atoms with Gasteiger partial charge in [0.1, 0.15) is 11.8 Å². The first kappa shape index (κ1) is 17.8. The van der Waals surface area contributed by atoms with Crippen LogP contribution in [-0.4, -0.2) is 40.1 Å². The lowest BCUT2D eigenvalue weighted by atomic mass is 10.1. The van der Waals surface area contributed by atoms with Crippen LogP contribution in [0, 0.1) is 0 Å². The number of carboxylic acids is 1. The van der Waals surface area contributed by atoms with Crippen molar-refractivity contribution in [1.82, 2.24) is 4.90 Å². The second kappa shape index (κ2) is 7.89. The minimum atomic E-state index is -0.938. The van der Waals surface area contributed by atoms with Gasteiger partial charge in [0.15, 0.2) is 0 Å². The van der Waals surface area contributed by atoms with Crippen LogP contribution >= 0.6 is 0 Å². The van der Waals surface area contributed by atoms with Gasteiger partial charge in [-0.25, -0.2) is 4.79 Å². The van der Waals surface area contributed by atoms with E-state index in [0.29, 0.717) is 18.9 Å². The van der Waals surface area contributed by atoms with E-state index in [2.05, 4.69) is 0 Å². The Bertz CT molecular complexity index is 620. The summed E-state index contributed by atoms with van der Waals surface area (Å²) in [6.07, 6.45) is 7.78. The SMILES string of the molecule is CC(C(=O)O)N(C(=O)CCc1cccc(OC2CCCC2)c1)C1CC1. The molecule has 2 saturated carbocycles. The highest BCUT2D eigenvalue weighted by molar-refractivity contribution is 5.84. The molecule has 0 aromatic heterocycles. The predicted molar refractivity (Wildman–Crippen MR) is 94.6 cm³/mol. The van der Waals surface area contributed by atoms with Crippen LogP contribution in [0.1, 0.15) is 57.4 Å². The van der Waals surface area contributed by atoms with Gasteiger partial charge in [-0.2, -0.15) is 0 Å². The van der Waals surface area contributed by atoms with Crippen molar-refractivity contribution in [3.05, 3.63) is 29.8 Å². The summed E-state index contributed by atoms with van der Waals surface area (Å²) in [5, 5.41) is 9.22. The van der Waals surface area contributed by atoms with Gasteiger partial charge in [0.2, 0.25) is 5.91 Å². The Balaban J connectivity index is 1.56. The summed E-state index contributed by atoms with van der Waals surface area (Å²) in [6, 6.07) is 7.28. The average molecular weight is 345 g/mol. The lowest BCUT2D eigenvalue weighted by molar-refractivity contribution is -0.150. The number of hydrogen-bond acceptors (Lipinski definition) is 3. The summed E-state index contributed by atoms with van der Waals surface area (Å²) in [7, 11) is 0. The van der Waals surface area contributed by atoms with Crippen molar-refractivity contribution in [3.63, 3.8) is 0 Å². The predicted octanol–water partition coefficient (Wildman–Crippen LogP) is 3.40. The van der Waals surface area contributed by atoms with E-state index in [9.17, 15) is 14.7 Å². The molecule has 5 heteroatoms. The van der Waals surface area contributed by atoms with Crippen LogP contribution in [0.25, 0.3) is 0 Å². The maximum atomic E-state index is 12.5. The zero-order valence-corrected chi connectivity index (χ0v) is 14.8. The number of carbonyl (C=O) groups excluding carboxylic acids is 1. The van der Waals surface area contributed by atoms with Crippen molar-refractivity contribution in [2.75, 3.05) is 0 Å². The van der Waals surface area contributed by atoms with Crippen LogP contribution in [0.15, 0.2) is 24.3 Å². The number of rotatable bonds is 8. The van der Waals surface area contributed by atoms with Gasteiger partial charge in [0, 0.05) is 12.5 Å². The molecule has 5 nitrogen and oxygen atoms in total. The number of carboxylic acid groups (broad SMARTS) is 1. The van der Waals surface area contributed by atoms with Gasteiger partial charge in [0.05, 0.1) is 6.10 Å². The Morgan fingerprint density at radius 1 is 1.24 bits per heavy atom. The maximum absolute atomic E-state index is 12.5. The molecule has 2 fully saturated rings. The number of aliphatic carboxylic acids is 1. The molecule has 1 aromatic rings. The minimum absolute atomic E-state index is 0.0699. The highest BCUT2D eigenvalue weighted by Crippen LogP contribution is 2.30. The van der Waals surface area contributed by atoms with Crippen LogP contribution in [0.5, 0.6) is 5.75 Å². The van der Waals surface area contributed by atoms with Gasteiger partial charge in [-0.05, 0) is 69.6 Å². The van der Waals surface area contributed by atoms with Gasteiger partial charge < -0.3 is 14.7 Å². The summed E-state index contributed by atoms with van der Waals surface area (Å²) < 4.78 is 6.02. The van der Waals surface area contributed by atoms with Gasteiger partial charge in [-0.1, -0.05) is 12.1 Å². The summed E-state index contributed by atoms with van der Waals surface area (Å²) in [6.45, 7) is 1.59. The van der Waals surface area contributed by atoms with Crippen LogP contribution in [0.4, 0.5) is 0 Å². The van der Waals surface area contributed by atoms with Crippen molar-refractivity contribution in [2.24, 2.45) is 0 Å². The lowest BCUT2D eigenvalue weighted by Gasteiger charge is -2.26. The largest absolute Gasteiger partial charge is 0.490 e. The molecule has 0 saturated heterocycles. The Kier molecular flexibility index (Phi) is 5.61. The van der Waals surface area contributed by atoms with Gasteiger partial charge >= 0.3 is 5.97 Å². The maximum Gasteiger partial charge on any atom is 0.326 e. The van der Waals surface area contributed by atoms with Crippen LogP contribution < -0.4 is 4.74 Å². The molecule has 0 aliphatic heterocycles. The molecule has 25 heavy (non-hydrogen) atoms. The smallest absolute Gasteiger partial charge is 0.326 e. The normalized spacial score (nSPS) is 18.8. The standard InChI is InChI=1S/C20H27NO4/c1-14(20(23)24)21(16-10-11-16)19(22)12-9-15-5-4-8-18(13-15)25-17-6-2-3-7-17/h4-5,8,13-14,16-17H,2-3,6-7,9-12H2,1H3,(H,23,24). The Morgan fingerprint density at radius 2 is 1.96 bits per heavy atom. The molecule has 2 aliphatic rings. The number of aryl methyl sites for hydroxylation is 1. The summed E-state index contributed by atoms with van der Waals surface area (Å²) in [5.74, 6) is -0.137. The zero-order valence-electron chi connectivity index (χ0n) is 14.8. The quantitative estimate of drug-likeness (QED) is 0.784. The second-order valence-corrected chi connectivity index (χ2v) is 7.22. The Morgan fingerprint density at radius 3 is 2.60 bits per heavy atom. The number of amides is 1. The number of hydrogen-bond donors (Lipinski definition) is 1. The van der Waals surface area contributed by atoms with Crippen LogP contribution in [0.2, 0.25) is 0 Å². The minimum Gasteiger partial charge on any atom is -0.490 e. The average Bonchev–Trinajstić information content (AvgIpc) is 3.29. The highest BCUT2D eigenvalue weighted by atomic mass is 16.5. The van der Waals surface area contributed by atoms with E-state index in [0.717, 1.165) is 37.0 Å². The second-order valence-electron chi connectivity index (χ2n) is 7.22. The molecule has 1 amide bonds. The van der Waals surface area contributed by atoms with Crippen molar-refractivity contribution in [1.29, 1.82) is 0 Å². The third-order valence-electron chi connectivity index (χ3n) is 5.13. The molecule has 3 rings (SSSR count). The number of carbonyl (C=O) groups is 2. The Hall–Kier alpha value is -2.04. The number of ether oxygens (including phenoxy) is 1. The first-order chi connectivity index (χ1) is 12.0. The summed E-state index contributed by atoms with van der Waals surface area (Å²) in [4.78, 5) is 25.3. The molecule has 136 valence electrons. The molecule has 1 N–H and O–H groups in total. The number of nitrogens with zero attached hydrogens (tertiary/aromatic N) is 1. The molecule has 1 aromatic carbocycles. The zero-order chi connectivity index (χ0) is 17.8. The lowest BCUT2D eigenvalue weighted by Crippen LogP contribution is -2.44. The van der Waals surface area contributed by atoms with Crippen molar-refractivity contribution < 1.29 is 19.4 Å². The van der Waals surface area contributed by atoms with Crippen molar-refractivity contribution >= 4 is 11.9 Å². The Labute approximate surface area is 149 Å². The van der Waals surface area contributed by atoms with Gasteiger partial charge in [-0.3, -0.25) is 4.79 Å². The van der Waals surface area contributed by atoms with E-state index in [4.69, 9.17) is 4.74 Å². The molecule has 0 radical (unpaired) electrons. The summed E-state index contributed by atoms with van der Waals surface area (Å²) in [5.41, 5.74) is 1.06. The third kappa shape index (κ3) is 4.74. The molecular formula is C20H27NO4. The van der Waals surface area contributed by atoms with Gasteiger partial charge in [-0.15, -0.1) is 0 Å². The molecule has 0 spiro atoms. The number of benzene rings is 1. The molecule has 2 aliphatic carbocycles. The third-order valence-corrected chi connectivity index (χ3v) is 5.13. The topological polar surface area (TPSA) is 66.8 Å². The monoisotopic (exact) mass is 345 g/mol. The molecular weight excluding hydrogens is 318 g/mol. The van der Waals surface area contributed by atoms with E-state index in [-0.39, 0.29) is 11.9 Å². The van der Waals surface area contributed by atoms with E-state index in [1.165, 1.54) is 12.8 Å². The fourth-order valence-corrected chi connectivity index (χ4v) is 3.56. The van der Waals surface area contributed by atoms with E-state index >= 15 is 0 Å². The van der Waals surface area contributed by atoms with E-state index in [1.54, 1.807) is 11.8 Å². The molecule has 1 atom stereocenters. The van der Waals surface area contributed by atoms with Crippen molar-refractivity contribution in [3.8, 4) is 5.75 Å². The fourth-order valence-electron chi connectivity index (χ4n) is 3.56. The molecule has 1 unspecified atom stereocenters. The van der Waals surface area contributed by atoms with Crippen LogP contribution in [-0.2, 0) is 16.0 Å². The highest BCUT2D eigenvalue weighted by Gasteiger charge is 2.37. The first-order valence-electron chi connectivity index (χ1n) is 9.34. The summed E-state index contributed by atoms with van der Waals surface area (Å²) >= 11 is 0. The molecule has 0 heterocycles.